The first kappa shape index (κ1) is 19.0. The van der Waals surface area contributed by atoms with Crippen LogP contribution < -0.4 is 0 Å². The molecule has 2 fully saturated rings. The minimum absolute atomic E-state index is 0.210. The third-order valence-corrected chi connectivity index (χ3v) is 7.70. The number of H-pyrrole nitrogens is 1. The molecule has 0 amide bonds. The zero-order valence-corrected chi connectivity index (χ0v) is 17.8. The molecule has 1 saturated heterocycles. The van der Waals surface area contributed by atoms with Crippen LogP contribution in [0.5, 0.6) is 0 Å². The van der Waals surface area contributed by atoms with Gasteiger partial charge in [-0.25, -0.2) is 4.39 Å². The van der Waals surface area contributed by atoms with Crippen LogP contribution in [0.1, 0.15) is 44.1 Å². The van der Waals surface area contributed by atoms with Gasteiger partial charge in [0.2, 0.25) is 0 Å². The molecule has 1 aromatic carbocycles. The van der Waals surface area contributed by atoms with Gasteiger partial charge in [0, 0.05) is 48.8 Å². The zero-order chi connectivity index (χ0) is 20.8. The molecule has 1 saturated carbocycles. The van der Waals surface area contributed by atoms with Crippen molar-refractivity contribution in [3.8, 4) is 22.4 Å². The van der Waals surface area contributed by atoms with Gasteiger partial charge in [-0.1, -0.05) is 18.9 Å². The predicted molar refractivity (Wildman–Crippen MR) is 123 cm³/mol. The fraction of sp³-hybridized carbons (Fsp3) is 0.370. The SMILES string of the molecule is Fc1ccc(-c2[nH]cc(C3=CC4CC5(CCCC5)CN4CC3)c2-c2ccncc2)cc1. The Morgan fingerprint density at radius 3 is 2.55 bits per heavy atom. The van der Waals surface area contributed by atoms with Crippen molar-refractivity contribution in [3.05, 3.63) is 72.4 Å². The molecule has 2 aliphatic heterocycles. The largest absolute Gasteiger partial charge is 0.360 e. The zero-order valence-electron chi connectivity index (χ0n) is 17.8. The molecular weight excluding hydrogens is 385 g/mol. The van der Waals surface area contributed by atoms with Crippen LogP contribution in [0.25, 0.3) is 28.0 Å². The van der Waals surface area contributed by atoms with Gasteiger partial charge in [-0.3, -0.25) is 9.88 Å². The number of pyridine rings is 1. The molecular formula is C27H28FN3. The van der Waals surface area contributed by atoms with Crippen molar-refractivity contribution in [2.24, 2.45) is 5.41 Å². The van der Waals surface area contributed by atoms with E-state index in [1.54, 1.807) is 0 Å². The number of aromatic nitrogens is 2. The van der Waals surface area contributed by atoms with E-state index in [1.165, 1.54) is 67.5 Å². The quantitative estimate of drug-likeness (QED) is 0.546. The van der Waals surface area contributed by atoms with Crippen molar-refractivity contribution in [2.75, 3.05) is 13.1 Å². The highest BCUT2D eigenvalue weighted by atomic mass is 19.1. The third-order valence-electron chi connectivity index (χ3n) is 7.70. The summed E-state index contributed by atoms with van der Waals surface area (Å²) in [4.78, 5) is 10.4. The van der Waals surface area contributed by atoms with Crippen LogP contribution in [0, 0.1) is 11.2 Å². The number of hydrogen-bond acceptors (Lipinski definition) is 2. The highest BCUT2D eigenvalue weighted by Crippen LogP contribution is 2.50. The van der Waals surface area contributed by atoms with E-state index in [2.05, 4.69) is 39.3 Å². The molecule has 1 N–H and O–H groups in total. The summed E-state index contributed by atoms with van der Waals surface area (Å²) in [6.07, 6.45) is 16.4. The van der Waals surface area contributed by atoms with E-state index in [0.717, 1.165) is 29.8 Å². The van der Waals surface area contributed by atoms with Crippen LogP contribution >= 0.6 is 0 Å². The Labute approximate surface area is 183 Å². The number of rotatable bonds is 3. The van der Waals surface area contributed by atoms with Crippen molar-refractivity contribution in [2.45, 2.75) is 44.6 Å². The molecule has 3 aromatic rings. The normalized spacial score (nSPS) is 22.6. The van der Waals surface area contributed by atoms with Gasteiger partial charge in [0.15, 0.2) is 0 Å². The Balaban J connectivity index is 1.42. The molecule has 0 bridgehead atoms. The van der Waals surface area contributed by atoms with Gasteiger partial charge >= 0.3 is 0 Å². The molecule has 1 atom stereocenters. The lowest BCUT2D eigenvalue weighted by atomic mass is 9.83. The maximum atomic E-state index is 13.5. The topological polar surface area (TPSA) is 31.9 Å². The molecule has 1 unspecified atom stereocenters. The van der Waals surface area contributed by atoms with E-state index < -0.39 is 0 Å². The van der Waals surface area contributed by atoms with Gasteiger partial charge < -0.3 is 4.98 Å². The van der Waals surface area contributed by atoms with Gasteiger partial charge in [-0.2, -0.15) is 0 Å². The van der Waals surface area contributed by atoms with Crippen molar-refractivity contribution in [1.29, 1.82) is 0 Å². The smallest absolute Gasteiger partial charge is 0.123 e. The summed E-state index contributed by atoms with van der Waals surface area (Å²) >= 11 is 0. The predicted octanol–water partition coefficient (Wildman–Crippen LogP) is 6.30. The third kappa shape index (κ3) is 3.34. The monoisotopic (exact) mass is 413 g/mol. The van der Waals surface area contributed by atoms with Crippen molar-refractivity contribution in [1.82, 2.24) is 14.9 Å². The molecule has 158 valence electrons. The highest BCUT2D eigenvalue weighted by Gasteiger charge is 2.45. The maximum Gasteiger partial charge on any atom is 0.123 e. The second-order valence-corrected chi connectivity index (χ2v) is 9.59. The number of benzene rings is 1. The Morgan fingerprint density at radius 2 is 1.77 bits per heavy atom. The molecule has 1 spiro atoms. The van der Waals surface area contributed by atoms with E-state index in [4.69, 9.17) is 0 Å². The van der Waals surface area contributed by atoms with Gasteiger partial charge in [-0.15, -0.1) is 0 Å². The Hall–Kier alpha value is -2.72. The summed E-state index contributed by atoms with van der Waals surface area (Å²) in [5, 5.41) is 0. The van der Waals surface area contributed by atoms with Crippen LogP contribution in [0.15, 0.2) is 61.1 Å². The van der Waals surface area contributed by atoms with E-state index in [0.29, 0.717) is 11.5 Å². The maximum absolute atomic E-state index is 13.5. The van der Waals surface area contributed by atoms with Crippen LogP contribution in [-0.4, -0.2) is 34.0 Å². The number of fused-ring (bicyclic) bond motifs is 1. The molecule has 31 heavy (non-hydrogen) atoms. The minimum Gasteiger partial charge on any atom is -0.360 e. The minimum atomic E-state index is -0.210. The van der Waals surface area contributed by atoms with Crippen LogP contribution in [0.2, 0.25) is 0 Å². The first-order valence-corrected chi connectivity index (χ1v) is 11.5. The van der Waals surface area contributed by atoms with Gasteiger partial charge in [-0.05, 0) is 84.2 Å². The number of halogens is 1. The molecule has 4 heterocycles. The second-order valence-electron chi connectivity index (χ2n) is 9.59. The van der Waals surface area contributed by atoms with Crippen molar-refractivity contribution in [3.63, 3.8) is 0 Å². The lowest BCUT2D eigenvalue weighted by molar-refractivity contribution is 0.248. The molecule has 1 aliphatic carbocycles. The van der Waals surface area contributed by atoms with Gasteiger partial charge in [0.1, 0.15) is 5.82 Å². The van der Waals surface area contributed by atoms with E-state index in [9.17, 15) is 4.39 Å². The summed E-state index contributed by atoms with van der Waals surface area (Å²) in [5.74, 6) is -0.210. The number of nitrogens with one attached hydrogen (secondary N) is 1. The fourth-order valence-corrected chi connectivity index (χ4v) is 6.23. The Morgan fingerprint density at radius 1 is 1.00 bits per heavy atom. The summed E-state index contributed by atoms with van der Waals surface area (Å²) in [5.41, 5.74) is 7.67. The van der Waals surface area contributed by atoms with Gasteiger partial charge in [0.25, 0.3) is 0 Å². The average Bonchev–Trinajstić information content (AvgIpc) is 3.52. The van der Waals surface area contributed by atoms with Gasteiger partial charge in [0.05, 0.1) is 5.69 Å². The average molecular weight is 414 g/mol. The fourth-order valence-electron chi connectivity index (χ4n) is 6.23. The standard InChI is InChI=1S/C27H28FN3/c28-22-5-3-20(4-6-22)26-25(19-7-12-29-13-8-19)24(17-30-26)21-9-14-31-18-27(10-1-2-11-27)16-23(31)15-21/h3-8,12-13,15,17,23,30H,1-2,9-11,14,16,18H2. The lowest BCUT2D eigenvalue weighted by Crippen LogP contribution is -2.33. The Bertz CT molecular complexity index is 1110. The first-order valence-electron chi connectivity index (χ1n) is 11.5. The number of hydrogen-bond donors (Lipinski definition) is 1. The Kier molecular flexibility index (Phi) is 4.57. The summed E-state index contributed by atoms with van der Waals surface area (Å²) in [7, 11) is 0. The van der Waals surface area contributed by atoms with E-state index >= 15 is 0 Å². The van der Waals surface area contributed by atoms with Crippen molar-refractivity contribution >= 4 is 5.57 Å². The van der Waals surface area contributed by atoms with Crippen LogP contribution in [0.4, 0.5) is 4.39 Å². The molecule has 6 rings (SSSR count). The van der Waals surface area contributed by atoms with Crippen LogP contribution in [-0.2, 0) is 0 Å². The first-order chi connectivity index (χ1) is 15.2. The molecule has 3 aliphatic rings. The lowest BCUT2D eigenvalue weighted by Gasteiger charge is -2.29. The van der Waals surface area contributed by atoms with Crippen LogP contribution in [0.3, 0.4) is 0 Å². The van der Waals surface area contributed by atoms with E-state index in [1.807, 2.05) is 24.5 Å². The van der Waals surface area contributed by atoms with Crippen molar-refractivity contribution < 1.29 is 4.39 Å². The van der Waals surface area contributed by atoms with E-state index in [-0.39, 0.29) is 5.82 Å². The molecule has 4 heteroatoms. The highest BCUT2D eigenvalue weighted by molar-refractivity contribution is 5.91. The second kappa shape index (κ2) is 7.45. The molecule has 2 aromatic heterocycles. The summed E-state index contributed by atoms with van der Waals surface area (Å²) in [6, 6.07) is 11.5. The summed E-state index contributed by atoms with van der Waals surface area (Å²) in [6.45, 7) is 2.43. The number of nitrogens with zero attached hydrogens (tertiary/aromatic N) is 2. The number of aromatic amines is 1. The molecule has 3 nitrogen and oxygen atoms in total. The summed E-state index contributed by atoms with van der Waals surface area (Å²) < 4.78 is 13.5. The molecule has 0 radical (unpaired) electrons.